The Hall–Kier alpha value is -0.610. The topological polar surface area (TPSA) is 77.8 Å². The van der Waals surface area contributed by atoms with E-state index in [9.17, 15) is 4.79 Å². The van der Waals surface area contributed by atoms with Crippen LogP contribution in [-0.4, -0.2) is 34.5 Å². The van der Waals surface area contributed by atoms with Crippen molar-refractivity contribution in [3.63, 3.8) is 0 Å². The van der Waals surface area contributed by atoms with Gasteiger partial charge in [-0.2, -0.15) is 0 Å². The molecular weight excluding hydrogens is 136 g/mol. The standard InChI is InChI=1S/C3H6O2.C3H8O2/c1-2-3(4)5;4-2-1-3-5/h2H2,1H3,(H,4,5);4-5H,1-3H2. The first-order valence-electron chi connectivity index (χ1n) is 3.12. The van der Waals surface area contributed by atoms with E-state index in [0.717, 1.165) is 0 Å². The van der Waals surface area contributed by atoms with E-state index in [0.29, 0.717) is 6.42 Å². The summed E-state index contributed by atoms with van der Waals surface area (Å²) in [5.41, 5.74) is 0. The maximum atomic E-state index is 9.37. The number of aliphatic hydroxyl groups is 2. The summed E-state index contributed by atoms with van der Waals surface area (Å²) >= 11 is 0. The lowest BCUT2D eigenvalue weighted by molar-refractivity contribution is -0.136. The molecule has 4 heteroatoms. The van der Waals surface area contributed by atoms with Crippen molar-refractivity contribution in [2.24, 2.45) is 0 Å². The van der Waals surface area contributed by atoms with Gasteiger partial charge in [-0.15, -0.1) is 0 Å². The van der Waals surface area contributed by atoms with E-state index >= 15 is 0 Å². The maximum absolute atomic E-state index is 9.37. The summed E-state index contributed by atoms with van der Waals surface area (Å²) in [6.07, 6.45) is 0.722. The Morgan fingerprint density at radius 2 is 1.60 bits per heavy atom. The van der Waals surface area contributed by atoms with Crippen LogP contribution >= 0.6 is 0 Å². The first-order valence-corrected chi connectivity index (χ1v) is 3.12. The molecule has 0 fully saturated rings. The summed E-state index contributed by atoms with van der Waals surface area (Å²) in [5, 5.41) is 23.5. The van der Waals surface area contributed by atoms with Gasteiger partial charge in [0.15, 0.2) is 0 Å². The third-order valence-corrected chi connectivity index (χ3v) is 0.619. The molecule has 0 unspecified atom stereocenters. The lowest BCUT2D eigenvalue weighted by atomic mass is 10.5. The lowest BCUT2D eigenvalue weighted by Gasteiger charge is -1.79. The van der Waals surface area contributed by atoms with Crippen LogP contribution in [0.1, 0.15) is 19.8 Å². The van der Waals surface area contributed by atoms with Gasteiger partial charge >= 0.3 is 5.97 Å². The van der Waals surface area contributed by atoms with Gasteiger partial charge in [0.25, 0.3) is 0 Å². The number of aliphatic carboxylic acids is 1. The predicted molar refractivity (Wildman–Crippen MR) is 36.7 cm³/mol. The van der Waals surface area contributed by atoms with E-state index in [1.54, 1.807) is 6.92 Å². The molecular formula is C6H14O4. The molecule has 4 nitrogen and oxygen atoms in total. The molecule has 0 aliphatic rings. The molecule has 0 aliphatic heterocycles. The monoisotopic (exact) mass is 150 g/mol. The minimum atomic E-state index is -0.745. The maximum Gasteiger partial charge on any atom is 0.303 e. The number of carboxylic acid groups (broad SMARTS) is 1. The molecule has 0 saturated heterocycles. The lowest BCUT2D eigenvalue weighted by Crippen LogP contribution is -1.86. The van der Waals surface area contributed by atoms with E-state index < -0.39 is 5.97 Å². The summed E-state index contributed by atoms with van der Waals surface area (Å²) in [6.45, 7) is 1.79. The number of hydrogen-bond acceptors (Lipinski definition) is 3. The Bertz CT molecular complexity index is 70.1. The Kier molecular flexibility index (Phi) is 13.6. The summed E-state index contributed by atoms with van der Waals surface area (Å²) in [6, 6.07) is 0. The number of hydrogen-bond donors (Lipinski definition) is 3. The smallest absolute Gasteiger partial charge is 0.303 e. The van der Waals surface area contributed by atoms with Crippen molar-refractivity contribution < 1.29 is 20.1 Å². The largest absolute Gasteiger partial charge is 0.481 e. The van der Waals surface area contributed by atoms with E-state index in [-0.39, 0.29) is 19.6 Å². The highest BCUT2D eigenvalue weighted by atomic mass is 16.4. The second-order valence-corrected chi connectivity index (χ2v) is 1.55. The van der Waals surface area contributed by atoms with Crippen LogP contribution in [0.4, 0.5) is 0 Å². The van der Waals surface area contributed by atoms with Gasteiger partial charge in [0.1, 0.15) is 0 Å². The van der Waals surface area contributed by atoms with Crippen molar-refractivity contribution in [1.29, 1.82) is 0 Å². The summed E-state index contributed by atoms with van der Waals surface area (Å²) < 4.78 is 0. The minimum absolute atomic E-state index is 0.0938. The van der Waals surface area contributed by atoms with Gasteiger partial charge in [-0.3, -0.25) is 4.79 Å². The van der Waals surface area contributed by atoms with Crippen molar-refractivity contribution in [2.45, 2.75) is 19.8 Å². The van der Waals surface area contributed by atoms with Crippen LogP contribution in [0.3, 0.4) is 0 Å². The molecule has 0 aliphatic carbocycles. The second-order valence-electron chi connectivity index (χ2n) is 1.55. The van der Waals surface area contributed by atoms with Gasteiger partial charge in [0.2, 0.25) is 0 Å². The summed E-state index contributed by atoms with van der Waals surface area (Å²) in [7, 11) is 0. The van der Waals surface area contributed by atoms with Gasteiger partial charge in [0.05, 0.1) is 0 Å². The number of aliphatic hydroxyl groups excluding tert-OH is 2. The quantitative estimate of drug-likeness (QED) is 0.522. The molecule has 0 aromatic rings. The van der Waals surface area contributed by atoms with Crippen LogP contribution in [0, 0.1) is 0 Å². The van der Waals surface area contributed by atoms with Crippen LogP contribution in [0.5, 0.6) is 0 Å². The van der Waals surface area contributed by atoms with E-state index in [1.807, 2.05) is 0 Å². The van der Waals surface area contributed by atoms with Crippen molar-refractivity contribution in [3.05, 3.63) is 0 Å². The molecule has 0 amide bonds. The molecule has 0 atom stereocenters. The zero-order valence-electron chi connectivity index (χ0n) is 6.08. The Labute approximate surface area is 60.1 Å². The zero-order chi connectivity index (χ0) is 8.41. The molecule has 0 radical (unpaired) electrons. The minimum Gasteiger partial charge on any atom is -0.481 e. The van der Waals surface area contributed by atoms with Gasteiger partial charge in [-0.25, -0.2) is 0 Å². The Morgan fingerprint density at radius 3 is 1.60 bits per heavy atom. The molecule has 10 heavy (non-hydrogen) atoms. The highest BCUT2D eigenvalue weighted by molar-refractivity contribution is 5.66. The molecule has 0 saturated carbocycles. The third kappa shape index (κ3) is 26.3. The molecule has 62 valence electrons. The van der Waals surface area contributed by atoms with Crippen LogP contribution in [0.15, 0.2) is 0 Å². The first-order chi connectivity index (χ1) is 4.68. The van der Waals surface area contributed by atoms with Crippen LogP contribution in [-0.2, 0) is 4.79 Å². The second kappa shape index (κ2) is 11.2. The molecule has 0 bridgehead atoms. The van der Waals surface area contributed by atoms with Crippen LogP contribution < -0.4 is 0 Å². The SMILES string of the molecule is CCC(=O)O.OCCCO. The van der Waals surface area contributed by atoms with Crippen molar-refractivity contribution >= 4 is 5.97 Å². The number of carbonyl (C=O) groups is 1. The van der Waals surface area contributed by atoms with Crippen molar-refractivity contribution in [2.75, 3.05) is 13.2 Å². The average molecular weight is 150 g/mol. The normalized spacial score (nSPS) is 7.90. The van der Waals surface area contributed by atoms with Crippen LogP contribution in [0.25, 0.3) is 0 Å². The van der Waals surface area contributed by atoms with Gasteiger partial charge in [0, 0.05) is 19.6 Å². The molecule has 0 heterocycles. The first kappa shape index (κ1) is 12.1. The van der Waals surface area contributed by atoms with E-state index in [2.05, 4.69) is 0 Å². The van der Waals surface area contributed by atoms with Crippen LogP contribution in [0.2, 0.25) is 0 Å². The Balaban J connectivity index is 0. The summed E-state index contributed by atoms with van der Waals surface area (Å²) in [5.74, 6) is -0.745. The fourth-order valence-corrected chi connectivity index (χ4v) is 0.0707. The molecule has 0 spiro atoms. The van der Waals surface area contributed by atoms with Crippen molar-refractivity contribution in [1.82, 2.24) is 0 Å². The Morgan fingerprint density at radius 1 is 1.30 bits per heavy atom. The van der Waals surface area contributed by atoms with Gasteiger partial charge < -0.3 is 15.3 Å². The molecule has 0 aromatic carbocycles. The highest BCUT2D eigenvalue weighted by Gasteiger charge is 1.80. The van der Waals surface area contributed by atoms with Gasteiger partial charge in [-0.05, 0) is 6.42 Å². The predicted octanol–water partition coefficient (Wildman–Crippen LogP) is -0.158. The highest BCUT2D eigenvalue weighted by Crippen LogP contribution is 1.67. The van der Waals surface area contributed by atoms with Gasteiger partial charge in [-0.1, -0.05) is 6.92 Å². The third-order valence-electron chi connectivity index (χ3n) is 0.619. The molecule has 0 rings (SSSR count). The van der Waals surface area contributed by atoms with E-state index in [4.69, 9.17) is 15.3 Å². The average Bonchev–Trinajstić information content (AvgIpc) is 1.91. The fraction of sp³-hybridized carbons (Fsp3) is 0.833. The molecule has 0 aromatic heterocycles. The number of carboxylic acids is 1. The van der Waals surface area contributed by atoms with E-state index in [1.165, 1.54) is 0 Å². The zero-order valence-corrected chi connectivity index (χ0v) is 6.08. The van der Waals surface area contributed by atoms with Crippen molar-refractivity contribution in [3.8, 4) is 0 Å². The molecule has 3 N–H and O–H groups in total. The summed E-state index contributed by atoms with van der Waals surface area (Å²) in [4.78, 5) is 9.37. The fourth-order valence-electron chi connectivity index (χ4n) is 0.0707. The number of rotatable bonds is 3.